The van der Waals surface area contributed by atoms with Crippen LogP contribution in [-0.4, -0.2) is 74.4 Å². The van der Waals surface area contributed by atoms with Crippen molar-refractivity contribution in [2.75, 3.05) is 13.1 Å². The van der Waals surface area contributed by atoms with Gasteiger partial charge in [0.15, 0.2) is 0 Å². The second kappa shape index (κ2) is 14.4. The molecule has 1 saturated heterocycles. The molecule has 0 saturated carbocycles. The van der Waals surface area contributed by atoms with E-state index in [9.17, 15) is 19.8 Å². The van der Waals surface area contributed by atoms with Crippen molar-refractivity contribution in [3.05, 3.63) is 0 Å². The number of aliphatic carboxylic acids is 2. The molecule has 1 fully saturated rings. The summed E-state index contributed by atoms with van der Waals surface area (Å²) in [6, 6.07) is -0.564. The van der Waals surface area contributed by atoms with Gasteiger partial charge in [0, 0.05) is 6.54 Å². The largest absolute Gasteiger partial charge is 0.480 e. The number of likely N-dealkylation sites (tertiary alicyclic amines) is 1. The van der Waals surface area contributed by atoms with Gasteiger partial charge >= 0.3 is 19.1 Å². The summed E-state index contributed by atoms with van der Waals surface area (Å²) in [7, 11) is -1.39. The third kappa shape index (κ3) is 9.91. The van der Waals surface area contributed by atoms with Crippen molar-refractivity contribution in [2.24, 2.45) is 5.73 Å². The van der Waals surface area contributed by atoms with E-state index in [1.54, 1.807) is 4.90 Å². The molecular formula is C14H31BCl2N2O7. The molecule has 2 unspecified atom stereocenters. The van der Waals surface area contributed by atoms with Crippen molar-refractivity contribution in [3.63, 3.8) is 0 Å². The second-order valence-corrected chi connectivity index (χ2v) is 6.32. The number of halogens is 2. The predicted molar refractivity (Wildman–Crippen MR) is 103 cm³/mol. The quantitative estimate of drug-likeness (QED) is 0.237. The number of unbranched alkanes of at least 4 members (excludes halogenated alkanes) is 1. The van der Waals surface area contributed by atoms with E-state index in [0.29, 0.717) is 32.4 Å². The summed E-state index contributed by atoms with van der Waals surface area (Å²) in [6.45, 7) is 0.978. The molecule has 1 aliphatic rings. The van der Waals surface area contributed by atoms with Crippen LogP contribution in [0.4, 0.5) is 0 Å². The molecule has 0 bridgehead atoms. The van der Waals surface area contributed by atoms with Gasteiger partial charge in [0.1, 0.15) is 11.6 Å². The summed E-state index contributed by atoms with van der Waals surface area (Å²) < 4.78 is 0. The van der Waals surface area contributed by atoms with Gasteiger partial charge in [-0.25, -0.2) is 0 Å². The van der Waals surface area contributed by atoms with Crippen LogP contribution in [0.2, 0.25) is 6.32 Å². The van der Waals surface area contributed by atoms with Crippen LogP contribution in [-0.2, 0) is 9.59 Å². The SMILES string of the molecule is Cl.Cl.NC(CCCCB(O)O)(CCN1CCCCC1C(=O)O)C(=O)O.O. The molecule has 9 nitrogen and oxygen atoms in total. The Hall–Kier alpha value is -0.615. The molecule has 0 aromatic carbocycles. The van der Waals surface area contributed by atoms with E-state index in [4.69, 9.17) is 15.8 Å². The third-order valence-corrected chi connectivity index (χ3v) is 4.50. The number of hydrogen-bond donors (Lipinski definition) is 5. The molecule has 1 rings (SSSR count). The van der Waals surface area contributed by atoms with Crippen molar-refractivity contribution >= 4 is 43.9 Å². The minimum absolute atomic E-state index is 0. The smallest absolute Gasteiger partial charge is 0.451 e. The highest BCUT2D eigenvalue weighted by atomic mass is 35.5. The molecule has 0 aromatic heterocycles. The van der Waals surface area contributed by atoms with Crippen LogP contribution in [0.1, 0.15) is 44.9 Å². The lowest BCUT2D eigenvalue weighted by Crippen LogP contribution is -2.52. The number of carboxylic acid groups (broad SMARTS) is 2. The Morgan fingerprint density at radius 3 is 2.23 bits per heavy atom. The van der Waals surface area contributed by atoms with Crippen LogP contribution in [0.3, 0.4) is 0 Å². The van der Waals surface area contributed by atoms with Crippen molar-refractivity contribution < 1.29 is 35.3 Å². The van der Waals surface area contributed by atoms with Gasteiger partial charge in [0.05, 0.1) is 0 Å². The van der Waals surface area contributed by atoms with Gasteiger partial charge < -0.3 is 31.5 Å². The molecular weight excluding hydrogens is 390 g/mol. The molecule has 12 heteroatoms. The van der Waals surface area contributed by atoms with Crippen LogP contribution in [0.15, 0.2) is 0 Å². The van der Waals surface area contributed by atoms with Crippen LogP contribution in [0.25, 0.3) is 0 Å². The zero-order chi connectivity index (χ0) is 17.5. The fourth-order valence-corrected chi connectivity index (χ4v) is 2.99. The average Bonchev–Trinajstić information content (AvgIpc) is 2.49. The Balaban J connectivity index is -0.00000176. The number of nitrogens with zero attached hydrogens (tertiary/aromatic N) is 1. The molecule has 2 atom stereocenters. The number of carbonyl (C=O) groups is 2. The molecule has 1 heterocycles. The summed E-state index contributed by atoms with van der Waals surface area (Å²) >= 11 is 0. The lowest BCUT2D eigenvalue weighted by Gasteiger charge is -2.35. The number of carboxylic acids is 2. The lowest BCUT2D eigenvalue weighted by atomic mass is 9.81. The Morgan fingerprint density at radius 1 is 1.12 bits per heavy atom. The first-order valence-corrected chi connectivity index (χ1v) is 8.11. The molecule has 26 heavy (non-hydrogen) atoms. The van der Waals surface area contributed by atoms with Crippen LogP contribution < -0.4 is 5.73 Å². The molecule has 0 radical (unpaired) electrons. The minimum atomic E-state index is -1.42. The van der Waals surface area contributed by atoms with E-state index in [0.717, 1.165) is 12.8 Å². The number of hydrogen-bond acceptors (Lipinski definition) is 6. The van der Waals surface area contributed by atoms with E-state index in [1.165, 1.54) is 0 Å². The van der Waals surface area contributed by atoms with Gasteiger partial charge in [-0.3, -0.25) is 14.5 Å². The summed E-state index contributed by atoms with van der Waals surface area (Å²) in [5.41, 5.74) is 4.58. The minimum Gasteiger partial charge on any atom is -0.480 e. The first-order valence-electron chi connectivity index (χ1n) is 8.11. The van der Waals surface area contributed by atoms with Gasteiger partial charge in [-0.1, -0.05) is 19.3 Å². The fourth-order valence-electron chi connectivity index (χ4n) is 2.99. The van der Waals surface area contributed by atoms with E-state index in [2.05, 4.69) is 0 Å². The van der Waals surface area contributed by atoms with Crippen molar-refractivity contribution in [1.29, 1.82) is 0 Å². The van der Waals surface area contributed by atoms with Gasteiger partial charge in [-0.2, -0.15) is 0 Å². The second-order valence-electron chi connectivity index (χ2n) is 6.32. The van der Waals surface area contributed by atoms with Crippen LogP contribution in [0.5, 0.6) is 0 Å². The van der Waals surface area contributed by atoms with E-state index >= 15 is 0 Å². The Morgan fingerprint density at radius 2 is 1.73 bits per heavy atom. The maximum absolute atomic E-state index is 11.5. The van der Waals surface area contributed by atoms with E-state index in [-0.39, 0.29) is 49.5 Å². The van der Waals surface area contributed by atoms with Crippen molar-refractivity contribution in [2.45, 2.75) is 62.8 Å². The number of nitrogens with two attached hydrogens (primary N) is 1. The standard InChI is InChI=1S/C14H27BN2O6.2ClH.H2O/c16-14(13(20)21,6-2-3-8-15(22)23)7-10-17-9-4-1-5-11(17)12(18)19;;;/h11,22-23H,1-10,16H2,(H,18,19)(H,20,21);2*1H;1H2. The van der Waals surface area contributed by atoms with Crippen molar-refractivity contribution in [1.82, 2.24) is 4.90 Å². The zero-order valence-electron chi connectivity index (χ0n) is 14.7. The Bertz CT molecular complexity index is 421. The first kappa shape index (κ1) is 30.1. The molecule has 0 aliphatic carbocycles. The van der Waals surface area contributed by atoms with E-state index < -0.39 is 30.6 Å². The average molecular weight is 421 g/mol. The molecule has 8 N–H and O–H groups in total. The van der Waals surface area contributed by atoms with Gasteiger partial charge in [0.25, 0.3) is 0 Å². The zero-order valence-corrected chi connectivity index (χ0v) is 16.3. The third-order valence-electron chi connectivity index (χ3n) is 4.50. The maximum atomic E-state index is 11.5. The molecule has 0 aromatic rings. The highest BCUT2D eigenvalue weighted by Gasteiger charge is 2.36. The monoisotopic (exact) mass is 420 g/mol. The lowest BCUT2D eigenvalue weighted by molar-refractivity contribution is -0.145. The maximum Gasteiger partial charge on any atom is 0.451 e. The summed E-state index contributed by atoms with van der Waals surface area (Å²) in [4.78, 5) is 24.5. The van der Waals surface area contributed by atoms with Crippen LogP contribution >= 0.6 is 24.8 Å². The normalized spacial score (nSPS) is 19.1. The van der Waals surface area contributed by atoms with Crippen molar-refractivity contribution in [3.8, 4) is 0 Å². The van der Waals surface area contributed by atoms with Gasteiger partial charge in [0.2, 0.25) is 0 Å². The number of rotatable bonds is 10. The van der Waals surface area contributed by atoms with Crippen LogP contribution in [0, 0.1) is 0 Å². The molecule has 1 aliphatic heterocycles. The van der Waals surface area contributed by atoms with Gasteiger partial charge in [-0.15, -0.1) is 24.8 Å². The first-order chi connectivity index (χ1) is 10.8. The Labute approximate surface area is 166 Å². The Kier molecular flexibility index (Phi) is 16.7. The fraction of sp³-hybridized carbons (Fsp3) is 0.857. The van der Waals surface area contributed by atoms with Gasteiger partial charge in [-0.05, 0) is 38.5 Å². The summed E-state index contributed by atoms with van der Waals surface area (Å²) in [5, 5.41) is 36.2. The number of piperidine rings is 1. The summed E-state index contributed by atoms with van der Waals surface area (Å²) in [5.74, 6) is -1.98. The topological polar surface area (TPSA) is 176 Å². The molecule has 156 valence electrons. The summed E-state index contributed by atoms with van der Waals surface area (Å²) in [6.07, 6.45) is 3.88. The van der Waals surface area contributed by atoms with E-state index in [1.807, 2.05) is 0 Å². The highest BCUT2D eigenvalue weighted by molar-refractivity contribution is 6.40. The molecule has 0 amide bonds. The highest BCUT2D eigenvalue weighted by Crippen LogP contribution is 2.22. The molecule has 0 spiro atoms. The predicted octanol–water partition coefficient (Wildman–Crippen LogP) is -0.240.